The van der Waals surface area contributed by atoms with Gasteiger partial charge < -0.3 is 4.90 Å². The van der Waals surface area contributed by atoms with E-state index in [4.69, 9.17) is 0 Å². The van der Waals surface area contributed by atoms with E-state index in [2.05, 4.69) is 15.2 Å². The van der Waals surface area contributed by atoms with Gasteiger partial charge in [-0.3, -0.25) is 9.48 Å². The molecule has 3 aromatic heterocycles. The highest BCUT2D eigenvalue weighted by molar-refractivity contribution is 5.99. The van der Waals surface area contributed by atoms with E-state index in [1.807, 2.05) is 20.9 Å². The van der Waals surface area contributed by atoms with Crippen molar-refractivity contribution >= 4 is 11.6 Å². The molecule has 0 bridgehead atoms. The third kappa shape index (κ3) is 2.93. The highest BCUT2D eigenvalue weighted by Crippen LogP contribution is 2.23. The fraction of sp³-hybridized carbons (Fsp3) is 0.412. The van der Waals surface area contributed by atoms with Crippen molar-refractivity contribution in [1.29, 1.82) is 0 Å². The molecule has 0 saturated carbocycles. The second-order valence-corrected chi connectivity index (χ2v) is 6.35. The predicted molar refractivity (Wildman–Crippen MR) is 91.2 cm³/mol. The molecule has 26 heavy (non-hydrogen) atoms. The van der Waals surface area contributed by atoms with Crippen molar-refractivity contribution < 1.29 is 13.6 Å². The molecule has 0 unspecified atom stereocenters. The average Bonchev–Trinajstić information content (AvgIpc) is 3.09. The third-order valence-electron chi connectivity index (χ3n) is 4.48. The molecule has 138 valence electrons. The number of carbonyl (C=O) groups excluding carboxylic acids is 1. The van der Waals surface area contributed by atoms with Gasteiger partial charge in [-0.2, -0.15) is 10.2 Å². The number of nitrogens with zero attached hydrogens (tertiary/aromatic N) is 6. The number of rotatable bonds is 4. The van der Waals surface area contributed by atoms with Gasteiger partial charge in [0, 0.05) is 37.6 Å². The molecule has 0 aromatic carbocycles. The Bertz CT molecular complexity index is 991. The average molecular weight is 362 g/mol. The summed E-state index contributed by atoms with van der Waals surface area (Å²) in [5.74, 6) is -0.332. The molecule has 0 N–H and O–H groups in total. The minimum Gasteiger partial charge on any atom is -0.337 e. The minimum absolute atomic E-state index is 0.136. The zero-order valence-corrected chi connectivity index (χ0v) is 15.3. The summed E-state index contributed by atoms with van der Waals surface area (Å²) in [6, 6.07) is 1.27. The van der Waals surface area contributed by atoms with E-state index in [0.29, 0.717) is 12.2 Å². The molecule has 0 aliphatic rings. The number of alkyl halides is 2. The summed E-state index contributed by atoms with van der Waals surface area (Å²) in [4.78, 5) is 18.6. The molecule has 7 nitrogen and oxygen atoms in total. The summed E-state index contributed by atoms with van der Waals surface area (Å²) in [6.07, 6.45) is -1.42. The monoisotopic (exact) mass is 362 g/mol. The lowest BCUT2D eigenvalue weighted by atomic mass is 10.1. The molecule has 0 aliphatic heterocycles. The SMILES string of the molecule is Cc1cc(C(F)F)n2ncc(C(=O)N(C)Cc3c(C)nn(C)c3C)c2n1. The lowest BCUT2D eigenvalue weighted by molar-refractivity contribution is 0.0786. The Morgan fingerprint density at radius 2 is 2.00 bits per heavy atom. The van der Waals surface area contributed by atoms with Crippen LogP contribution in [0.4, 0.5) is 8.78 Å². The van der Waals surface area contributed by atoms with Crippen LogP contribution < -0.4 is 0 Å². The molecular formula is C17H20F2N6O. The van der Waals surface area contributed by atoms with E-state index in [0.717, 1.165) is 21.5 Å². The largest absolute Gasteiger partial charge is 0.337 e. The van der Waals surface area contributed by atoms with E-state index in [9.17, 15) is 13.6 Å². The highest BCUT2D eigenvalue weighted by Gasteiger charge is 2.23. The first-order chi connectivity index (χ1) is 12.2. The molecule has 0 aliphatic carbocycles. The number of fused-ring (bicyclic) bond motifs is 1. The first-order valence-corrected chi connectivity index (χ1v) is 8.08. The zero-order valence-electron chi connectivity index (χ0n) is 15.3. The van der Waals surface area contributed by atoms with Gasteiger partial charge in [-0.25, -0.2) is 18.3 Å². The second-order valence-electron chi connectivity index (χ2n) is 6.35. The summed E-state index contributed by atoms with van der Waals surface area (Å²) >= 11 is 0. The molecule has 0 saturated heterocycles. The summed E-state index contributed by atoms with van der Waals surface area (Å²) in [5, 5.41) is 8.29. The highest BCUT2D eigenvalue weighted by atomic mass is 19.3. The molecule has 0 spiro atoms. The van der Waals surface area contributed by atoms with Crippen LogP contribution in [0.2, 0.25) is 0 Å². The molecule has 9 heteroatoms. The van der Waals surface area contributed by atoms with Crippen molar-refractivity contribution in [2.24, 2.45) is 7.05 Å². The van der Waals surface area contributed by atoms with Gasteiger partial charge in [0.1, 0.15) is 11.3 Å². The fourth-order valence-electron chi connectivity index (χ4n) is 2.98. The van der Waals surface area contributed by atoms with Crippen LogP contribution in [0.1, 0.15) is 45.1 Å². The number of hydrogen-bond acceptors (Lipinski definition) is 4. The Kier molecular flexibility index (Phi) is 4.47. The van der Waals surface area contributed by atoms with Crippen molar-refractivity contribution in [3.63, 3.8) is 0 Å². The molecule has 0 fully saturated rings. The fourth-order valence-corrected chi connectivity index (χ4v) is 2.98. The molecule has 3 rings (SSSR count). The van der Waals surface area contributed by atoms with Crippen molar-refractivity contribution in [3.05, 3.63) is 46.2 Å². The van der Waals surface area contributed by atoms with Crippen LogP contribution >= 0.6 is 0 Å². The van der Waals surface area contributed by atoms with Crippen LogP contribution in [0.3, 0.4) is 0 Å². The van der Waals surface area contributed by atoms with Crippen molar-refractivity contribution in [1.82, 2.24) is 29.3 Å². The van der Waals surface area contributed by atoms with E-state index < -0.39 is 6.43 Å². The van der Waals surface area contributed by atoms with Gasteiger partial charge in [0.05, 0.1) is 11.9 Å². The first-order valence-electron chi connectivity index (χ1n) is 8.08. The molecule has 3 heterocycles. The number of halogens is 2. The van der Waals surface area contributed by atoms with Crippen molar-refractivity contribution in [3.8, 4) is 0 Å². The topological polar surface area (TPSA) is 68.3 Å². The number of amides is 1. The van der Waals surface area contributed by atoms with Crippen molar-refractivity contribution in [2.45, 2.75) is 33.7 Å². The Morgan fingerprint density at radius 1 is 1.31 bits per heavy atom. The normalized spacial score (nSPS) is 11.5. The Labute approximate surface area is 149 Å². The van der Waals surface area contributed by atoms with Gasteiger partial charge in [-0.15, -0.1) is 0 Å². The van der Waals surface area contributed by atoms with Crippen LogP contribution in [0.25, 0.3) is 5.65 Å². The van der Waals surface area contributed by atoms with E-state index in [-0.39, 0.29) is 22.8 Å². The third-order valence-corrected chi connectivity index (χ3v) is 4.48. The number of hydrogen-bond donors (Lipinski definition) is 0. The maximum Gasteiger partial charge on any atom is 0.280 e. The van der Waals surface area contributed by atoms with Gasteiger partial charge >= 0.3 is 0 Å². The van der Waals surface area contributed by atoms with Gasteiger partial charge in [-0.05, 0) is 26.8 Å². The standard InChI is InChI=1S/C17H20F2N6O/c1-9-6-14(15(18)19)25-16(21-9)12(7-20-25)17(26)23(4)8-13-10(2)22-24(5)11(13)3/h6-7,15H,8H2,1-5H3. The number of carbonyl (C=O) groups is 1. The number of aromatic nitrogens is 5. The minimum atomic E-state index is -2.71. The number of aryl methyl sites for hydroxylation is 3. The smallest absolute Gasteiger partial charge is 0.280 e. The summed E-state index contributed by atoms with van der Waals surface area (Å²) in [7, 11) is 3.50. The van der Waals surface area contributed by atoms with Crippen LogP contribution in [-0.4, -0.2) is 42.2 Å². The van der Waals surface area contributed by atoms with E-state index in [1.165, 1.54) is 17.2 Å². The van der Waals surface area contributed by atoms with Gasteiger partial charge in [0.25, 0.3) is 12.3 Å². The van der Waals surface area contributed by atoms with Crippen LogP contribution in [-0.2, 0) is 13.6 Å². The molecule has 3 aromatic rings. The quantitative estimate of drug-likeness (QED) is 0.715. The molecule has 1 amide bonds. The first kappa shape index (κ1) is 18.0. The summed E-state index contributed by atoms with van der Waals surface area (Å²) < 4.78 is 29.3. The van der Waals surface area contributed by atoms with Crippen LogP contribution in [0.15, 0.2) is 12.3 Å². The molecule has 0 atom stereocenters. The molecular weight excluding hydrogens is 342 g/mol. The van der Waals surface area contributed by atoms with Crippen LogP contribution in [0.5, 0.6) is 0 Å². The lowest BCUT2D eigenvalue weighted by Crippen LogP contribution is -2.26. The Balaban J connectivity index is 1.97. The van der Waals surface area contributed by atoms with Gasteiger partial charge in [0.15, 0.2) is 5.65 Å². The lowest BCUT2D eigenvalue weighted by Gasteiger charge is -2.17. The predicted octanol–water partition coefficient (Wildman–Crippen LogP) is 2.60. The Morgan fingerprint density at radius 3 is 2.58 bits per heavy atom. The Hall–Kier alpha value is -2.84. The zero-order chi connectivity index (χ0) is 19.2. The van der Waals surface area contributed by atoms with Gasteiger partial charge in [0.2, 0.25) is 0 Å². The maximum absolute atomic E-state index is 13.2. The summed E-state index contributed by atoms with van der Waals surface area (Å²) in [6.45, 7) is 5.78. The maximum atomic E-state index is 13.2. The van der Waals surface area contributed by atoms with E-state index in [1.54, 1.807) is 18.7 Å². The summed E-state index contributed by atoms with van der Waals surface area (Å²) in [5.41, 5.74) is 3.22. The van der Waals surface area contributed by atoms with Crippen LogP contribution in [0, 0.1) is 20.8 Å². The van der Waals surface area contributed by atoms with Gasteiger partial charge in [-0.1, -0.05) is 0 Å². The van der Waals surface area contributed by atoms with E-state index >= 15 is 0 Å². The molecule has 0 radical (unpaired) electrons. The second kappa shape index (κ2) is 6.47. The van der Waals surface area contributed by atoms with Crippen molar-refractivity contribution in [2.75, 3.05) is 7.05 Å².